The Labute approximate surface area is 109 Å². The Balaban J connectivity index is 2.07. The van der Waals surface area contributed by atoms with Crippen LogP contribution >= 0.6 is 11.3 Å². The molecule has 0 fully saturated rings. The van der Waals surface area contributed by atoms with Gasteiger partial charge in [0.25, 0.3) is 0 Å². The topological polar surface area (TPSA) is 46.3 Å². The molecule has 0 amide bonds. The maximum Gasteiger partial charge on any atom is 0.148 e. The maximum absolute atomic E-state index is 10.3. The zero-order valence-corrected chi connectivity index (χ0v) is 11.0. The Morgan fingerprint density at radius 1 is 1.28 bits per heavy atom. The minimum Gasteiger partial charge on any atom is -0.458 e. The van der Waals surface area contributed by atoms with Crippen molar-refractivity contribution in [1.82, 2.24) is 4.98 Å². The number of hydrogen-bond donors (Lipinski definition) is 1. The SMILES string of the molecule is Cc1ccc2oc(C(O)c3scnc3C)cc2c1. The largest absolute Gasteiger partial charge is 0.458 e. The van der Waals surface area contributed by atoms with Crippen molar-refractivity contribution in [3.05, 3.63) is 51.7 Å². The van der Waals surface area contributed by atoms with E-state index in [1.165, 1.54) is 16.9 Å². The van der Waals surface area contributed by atoms with Crippen LogP contribution in [-0.4, -0.2) is 10.1 Å². The summed E-state index contributed by atoms with van der Waals surface area (Å²) in [5, 5.41) is 11.3. The van der Waals surface area contributed by atoms with Gasteiger partial charge in [-0.3, -0.25) is 0 Å². The first kappa shape index (κ1) is 11.4. The minimum atomic E-state index is -0.731. The quantitative estimate of drug-likeness (QED) is 0.765. The molecule has 2 heterocycles. The summed E-state index contributed by atoms with van der Waals surface area (Å²) in [6.07, 6.45) is -0.731. The molecule has 3 nitrogen and oxygen atoms in total. The van der Waals surface area contributed by atoms with E-state index in [2.05, 4.69) is 11.1 Å². The van der Waals surface area contributed by atoms with E-state index in [1.807, 2.05) is 32.0 Å². The molecule has 3 aromatic rings. The van der Waals surface area contributed by atoms with E-state index in [0.717, 1.165) is 21.5 Å². The van der Waals surface area contributed by atoms with E-state index in [4.69, 9.17) is 4.42 Å². The molecular weight excluding hydrogens is 246 g/mol. The van der Waals surface area contributed by atoms with Crippen LogP contribution in [0.5, 0.6) is 0 Å². The smallest absolute Gasteiger partial charge is 0.148 e. The summed E-state index contributed by atoms with van der Waals surface area (Å²) in [4.78, 5) is 4.99. The van der Waals surface area contributed by atoms with Crippen LogP contribution in [0.4, 0.5) is 0 Å². The molecule has 18 heavy (non-hydrogen) atoms. The molecule has 2 aromatic heterocycles. The zero-order valence-electron chi connectivity index (χ0n) is 10.2. The summed E-state index contributed by atoms with van der Waals surface area (Å²) < 4.78 is 5.69. The molecule has 0 saturated heterocycles. The molecule has 4 heteroatoms. The minimum absolute atomic E-state index is 0.572. The Kier molecular flexibility index (Phi) is 2.69. The monoisotopic (exact) mass is 259 g/mol. The molecule has 1 N–H and O–H groups in total. The lowest BCUT2D eigenvalue weighted by atomic mass is 10.1. The molecule has 3 rings (SSSR count). The normalized spacial score (nSPS) is 13.1. The molecule has 0 bridgehead atoms. The zero-order chi connectivity index (χ0) is 12.7. The fourth-order valence-electron chi connectivity index (χ4n) is 2.02. The van der Waals surface area contributed by atoms with Crippen molar-refractivity contribution in [1.29, 1.82) is 0 Å². The molecule has 0 saturated carbocycles. The second-order valence-electron chi connectivity index (χ2n) is 4.39. The number of benzene rings is 1. The number of aliphatic hydroxyl groups excluding tert-OH is 1. The highest BCUT2D eigenvalue weighted by molar-refractivity contribution is 7.09. The predicted molar refractivity (Wildman–Crippen MR) is 71.9 cm³/mol. The predicted octanol–water partition coefficient (Wildman–Crippen LogP) is 3.59. The first-order valence-corrected chi connectivity index (χ1v) is 6.61. The van der Waals surface area contributed by atoms with Crippen LogP contribution in [0.25, 0.3) is 11.0 Å². The van der Waals surface area contributed by atoms with Crippen molar-refractivity contribution in [3.8, 4) is 0 Å². The molecule has 0 aliphatic heterocycles. The molecular formula is C14H13NO2S. The maximum atomic E-state index is 10.3. The van der Waals surface area contributed by atoms with E-state index < -0.39 is 6.10 Å². The molecule has 0 aliphatic rings. The number of furan rings is 1. The van der Waals surface area contributed by atoms with Crippen molar-refractivity contribution in [2.24, 2.45) is 0 Å². The van der Waals surface area contributed by atoms with Crippen LogP contribution in [0.1, 0.15) is 28.0 Å². The average Bonchev–Trinajstić information content (AvgIpc) is 2.93. The van der Waals surface area contributed by atoms with Crippen molar-refractivity contribution in [2.45, 2.75) is 20.0 Å². The highest BCUT2D eigenvalue weighted by Crippen LogP contribution is 2.31. The van der Waals surface area contributed by atoms with Crippen LogP contribution in [-0.2, 0) is 0 Å². The number of aromatic nitrogens is 1. The molecule has 1 unspecified atom stereocenters. The summed E-state index contributed by atoms with van der Waals surface area (Å²) in [6.45, 7) is 3.93. The number of fused-ring (bicyclic) bond motifs is 1. The molecule has 0 spiro atoms. The third-order valence-corrected chi connectivity index (χ3v) is 3.97. The Hall–Kier alpha value is -1.65. The van der Waals surface area contributed by atoms with Gasteiger partial charge in [-0.1, -0.05) is 11.6 Å². The van der Waals surface area contributed by atoms with Crippen molar-refractivity contribution >= 4 is 22.3 Å². The lowest BCUT2D eigenvalue weighted by Crippen LogP contribution is -1.97. The highest BCUT2D eigenvalue weighted by atomic mass is 32.1. The number of rotatable bonds is 2. The van der Waals surface area contributed by atoms with E-state index in [0.29, 0.717) is 5.76 Å². The van der Waals surface area contributed by atoms with E-state index in [1.54, 1.807) is 5.51 Å². The van der Waals surface area contributed by atoms with E-state index in [-0.39, 0.29) is 0 Å². The number of nitrogens with zero attached hydrogens (tertiary/aromatic N) is 1. The standard InChI is InChI=1S/C14H13NO2S/c1-8-3-4-11-10(5-8)6-12(17-11)13(16)14-9(2)15-7-18-14/h3-7,13,16H,1-2H3. The molecule has 0 aliphatic carbocycles. The van der Waals surface area contributed by atoms with Crippen molar-refractivity contribution in [3.63, 3.8) is 0 Å². The number of aryl methyl sites for hydroxylation is 2. The third-order valence-electron chi connectivity index (χ3n) is 2.99. The van der Waals surface area contributed by atoms with Crippen LogP contribution in [0.15, 0.2) is 34.2 Å². The number of aliphatic hydroxyl groups is 1. The summed E-state index contributed by atoms with van der Waals surface area (Å²) in [5.41, 5.74) is 4.57. The molecule has 92 valence electrons. The summed E-state index contributed by atoms with van der Waals surface area (Å²) in [7, 11) is 0. The fraction of sp³-hybridized carbons (Fsp3) is 0.214. The van der Waals surface area contributed by atoms with Gasteiger partial charge in [-0.2, -0.15) is 0 Å². The highest BCUT2D eigenvalue weighted by Gasteiger charge is 2.19. The second kappa shape index (κ2) is 4.23. The van der Waals surface area contributed by atoms with Gasteiger partial charge in [-0.05, 0) is 32.0 Å². The summed E-state index contributed by atoms with van der Waals surface area (Å²) >= 11 is 1.44. The van der Waals surface area contributed by atoms with Crippen LogP contribution < -0.4 is 0 Å². The van der Waals surface area contributed by atoms with Gasteiger partial charge in [0.15, 0.2) is 0 Å². The van der Waals surface area contributed by atoms with Gasteiger partial charge in [0.2, 0.25) is 0 Å². The summed E-state index contributed by atoms with van der Waals surface area (Å²) in [6, 6.07) is 7.88. The van der Waals surface area contributed by atoms with Crippen molar-refractivity contribution in [2.75, 3.05) is 0 Å². The van der Waals surface area contributed by atoms with Gasteiger partial charge in [-0.25, -0.2) is 4.98 Å². The van der Waals surface area contributed by atoms with Gasteiger partial charge < -0.3 is 9.52 Å². The van der Waals surface area contributed by atoms with Gasteiger partial charge >= 0.3 is 0 Å². The van der Waals surface area contributed by atoms with Crippen LogP contribution in [0, 0.1) is 13.8 Å². The lowest BCUT2D eigenvalue weighted by molar-refractivity contribution is 0.195. The third kappa shape index (κ3) is 1.83. The fourth-order valence-corrected chi connectivity index (χ4v) is 2.81. The summed E-state index contributed by atoms with van der Waals surface area (Å²) in [5.74, 6) is 0.572. The van der Waals surface area contributed by atoms with Crippen LogP contribution in [0.2, 0.25) is 0 Å². The van der Waals surface area contributed by atoms with Crippen molar-refractivity contribution < 1.29 is 9.52 Å². The van der Waals surface area contributed by atoms with Gasteiger partial charge in [0.05, 0.1) is 16.1 Å². The Morgan fingerprint density at radius 2 is 2.11 bits per heavy atom. The first-order valence-electron chi connectivity index (χ1n) is 5.73. The molecule has 0 radical (unpaired) electrons. The molecule has 1 atom stereocenters. The van der Waals surface area contributed by atoms with Gasteiger partial charge in [-0.15, -0.1) is 11.3 Å². The Morgan fingerprint density at radius 3 is 2.83 bits per heavy atom. The second-order valence-corrected chi connectivity index (χ2v) is 5.28. The van der Waals surface area contributed by atoms with Crippen LogP contribution in [0.3, 0.4) is 0 Å². The number of thiazole rings is 1. The van der Waals surface area contributed by atoms with Gasteiger partial charge in [0, 0.05) is 5.39 Å². The van der Waals surface area contributed by atoms with E-state index in [9.17, 15) is 5.11 Å². The average molecular weight is 259 g/mol. The first-order chi connectivity index (χ1) is 8.65. The number of hydrogen-bond acceptors (Lipinski definition) is 4. The lowest BCUT2D eigenvalue weighted by Gasteiger charge is -2.04. The Bertz CT molecular complexity index is 699. The van der Waals surface area contributed by atoms with Gasteiger partial charge in [0.1, 0.15) is 17.4 Å². The van der Waals surface area contributed by atoms with E-state index >= 15 is 0 Å². The molecule has 1 aromatic carbocycles.